The summed E-state index contributed by atoms with van der Waals surface area (Å²) in [6.07, 6.45) is 4.17. The molecule has 0 aromatic heterocycles. The molecule has 2 aliphatic rings. The minimum Gasteiger partial charge on any atom is -0.344 e. The Hall–Kier alpha value is -4.18. The van der Waals surface area contributed by atoms with Gasteiger partial charge in [-0.2, -0.15) is 8.78 Å². The maximum Gasteiger partial charge on any atom is 0.349 e. The van der Waals surface area contributed by atoms with E-state index in [9.17, 15) is 27.6 Å². The molecule has 2 fully saturated rings. The highest BCUT2D eigenvalue weighted by molar-refractivity contribution is 7.92. The minimum absolute atomic E-state index is 0.146. The van der Waals surface area contributed by atoms with Gasteiger partial charge < -0.3 is 25.8 Å². The van der Waals surface area contributed by atoms with Crippen molar-refractivity contribution in [2.24, 2.45) is 5.92 Å². The number of alkyl halides is 2. The van der Waals surface area contributed by atoms with E-state index in [1.54, 1.807) is 18.7 Å². The lowest BCUT2D eigenvalue weighted by atomic mass is 9.74. The van der Waals surface area contributed by atoms with Crippen LogP contribution in [-0.4, -0.2) is 92.9 Å². The van der Waals surface area contributed by atoms with E-state index < -0.39 is 62.6 Å². The molecule has 2 aromatic rings. The number of halogens is 3. The van der Waals surface area contributed by atoms with Crippen LogP contribution in [0, 0.1) is 11.7 Å². The molecule has 4 N–H and O–H groups in total. The van der Waals surface area contributed by atoms with Crippen molar-refractivity contribution in [3.63, 3.8) is 0 Å². The zero-order valence-corrected chi connectivity index (χ0v) is 31.0. The zero-order chi connectivity index (χ0) is 38.4. The number of hydrogen-bond donors (Lipinski definition) is 4. The van der Waals surface area contributed by atoms with Crippen molar-refractivity contribution >= 4 is 45.0 Å². The summed E-state index contributed by atoms with van der Waals surface area (Å²) in [6, 6.07) is 7.26. The molecule has 0 spiro atoms. The van der Waals surface area contributed by atoms with E-state index in [1.807, 2.05) is 7.05 Å². The number of likely N-dealkylation sites (N-methyl/N-ethyl adjacent to an activating group) is 1. The van der Waals surface area contributed by atoms with Crippen LogP contribution < -0.4 is 20.7 Å². The van der Waals surface area contributed by atoms with Gasteiger partial charge in [-0.1, -0.05) is 51.3 Å². The Kier molecular flexibility index (Phi) is 13.0. The highest BCUT2D eigenvalue weighted by atomic mass is 32.2. The first kappa shape index (κ1) is 40.6. The van der Waals surface area contributed by atoms with Crippen LogP contribution >= 0.6 is 0 Å². The summed E-state index contributed by atoms with van der Waals surface area (Å²) in [4.78, 5) is 57.0. The molecule has 0 radical (unpaired) electrons. The van der Waals surface area contributed by atoms with E-state index in [1.165, 1.54) is 31.2 Å². The van der Waals surface area contributed by atoms with Crippen LogP contribution in [0.1, 0.15) is 76.3 Å². The summed E-state index contributed by atoms with van der Waals surface area (Å²) in [6.45, 7) is 7.01. The summed E-state index contributed by atoms with van der Waals surface area (Å²) in [7, 11) is -1.84. The second-order valence-corrected chi connectivity index (χ2v) is 15.8. The van der Waals surface area contributed by atoms with Gasteiger partial charge in [0, 0.05) is 49.8 Å². The molecule has 0 bridgehead atoms. The number of rotatable bonds is 13. The fourth-order valence-electron chi connectivity index (χ4n) is 6.72. The van der Waals surface area contributed by atoms with Crippen molar-refractivity contribution in [1.29, 1.82) is 0 Å². The van der Waals surface area contributed by atoms with Crippen LogP contribution in [0.25, 0.3) is 0 Å². The molecule has 52 heavy (non-hydrogen) atoms. The van der Waals surface area contributed by atoms with Crippen molar-refractivity contribution in [3.05, 3.63) is 59.4 Å². The molecule has 1 saturated carbocycles. The molecule has 0 unspecified atom stereocenters. The van der Waals surface area contributed by atoms with Crippen molar-refractivity contribution in [1.82, 2.24) is 20.4 Å². The van der Waals surface area contributed by atoms with E-state index in [-0.39, 0.29) is 29.6 Å². The highest BCUT2D eigenvalue weighted by Crippen LogP contribution is 2.37. The number of hydrogen-bond acceptors (Lipinski definition) is 7. The number of carbonyl (C=O) groups is 4. The van der Waals surface area contributed by atoms with Gasteiger partial charge in [0.15, 0.2) is 0 Å². The molecule has 286 valence electrons. The summed E-state index contributed by atoms with van der Waals surface area (Å²) in [5, 5.41) is 7.55. The van der Waals surface area contributed by atoms with E-state index in [4.69, 9.17) is 0 Å². The topological polar surface area (TPSA) is 157 Å². The number of nitrogens with zero attached hydrogens (tertiary/aromatic N) is 2. The monoisotopic (exact) mass is 750 g/mol. The van der Waals surface area contributed by atoms with Gasteiger partial charge in [0.25, 0.3) is 5.91 Å². The number of nitrogens with one attached hydrogen (secondary N) is 4. The van der Waals surface area contributed by atoms with Crippen molar-refractivity contribution < 1.29 is 40.8 Å². The molecule has 2 aromatic carbocycles. The number of amides is 4. The zero-order valence-electron chi connectivity index (χ0n) is 30.2. The van der Waals surface area contributed by atoms with Gasteiger partial charge in [-0.05, 0) is 62.6 Å². The number of anilines is 2. The average molecular weight is 751 g/mol. The summed E-state index contributed by atoms with van der Waals surface area (Å²) < 4.78 is 72.5. The Morgan fingerprint density at radius 3 is 2.21 bits per heavy atom. The van der Waals surface area contributed by atoms with Crippen molar-refractivity contribution in [2.45, 2.75) is 82.7 Å². The maximum absolute atomic E-state index is 15.8. The Balaban J connectivity index is 1.57. The Labute approximate surface area is 303 Å². The third kappa shape index (κ3) is 9.82. The molecule has 1 aliphatic carbocycles. The van der Waals surface area contributed by atoms with Crippen molar-refractivity contribution in [2.75, 3.05) is 49.5 Å². The van der Waals surface area contributed by atoms with Gasteiger partial charge >= 0.3 is 5.92 Å². The predicted molar refractivity (Wildman–Crippen MR) is 192 cm³/mol. The van der Waals surface area contributed by atoms with E-state index in [2.05, 4.69) is 25.6 Å². The first-order chi connectivity index (χ1) is 24.4. The van der Waals surface area contributed by atoms with Gasteiger partial charge in [-0.25, -0.2) is 12.8 Å². The lowest BCUT2D eigenvalue weighted by molar-refractivity contribution is -0.152. The minimum atomic E-state index is -4.17. The van der Waals surface area contributed by atoms with Gasteiger partial charge in [-0.3, -0.25) is 23.9 Å². The Morgan fingerprint density at radius 1 is 0.962 bits per heavy atom. The van der Waals surface area contributed by atoms with E-state index >= 15 is 13.2 Å². The molecule has 3 atom stereocenters. The smallest absolute Gasteiger partial charge is 0.344 e. The Bertz CT molecular complexity index is 1750. The third-order valence-corrected chi connectivity index (χ3v) is 10.7. The first-order valence-corrected chi connectivity index (χ1v) is 19.4. The van der Waals surface area contributed by atoms with Crippen LogP contribution in [0.3, 0.4) is 0 Å². The fraction of sp³-hybridized carbons (Fsp3) is 0.556. The molecule has 1 saturated heterocycles. The second-order valence-electron chi connectivity index (χ2n) is 14.0. The van der Waals surface area contributed by atoms with Crippen LogP contribution in [0.4, 0.5) is 24.5 Å². The lowest BCUT2D eigenvalue weighted by Gasteiger charge is -2.40. The molecule has 1 aliphatic heterocycles. The maximum atomic E-state index is 15.8. The molecular formula is C36H49F3N6O6S. The molecule has 4 rings (SSSR count). The molecule has 12 nitrogen and oxygen atoms in total. The van der Waals surface area contributed by atoms with Gasteiger partial charge in [0.05, 0.1) is 11.9 Å². The third-order valence-electron chi connectivity index (χ3n) is 10.1. The molecule has 4 amide bonds. The molecule has 1 heterocycles. The molecule has 16 heteroatoms. The number of sulfonamides is 1. The number of carbonyl (C=O) groups excluding carboxylic acids is 4. The van der Waals surface area contributed by atoms with Gasteiger partial charge in [0.2, 0.25) is 27.7 Å². The fourth-order valence-corrected chi connectivity index (χ4v) is 7.28. The van der Waals surface area contributed by atoms with Gasteiger partial charge in [0.1, 0.15) is 17.4 Å². The highest BCUT2D eigenvalue weighted by Gasteiger charge is 2.49. The second kappa shape index (κ2) is 16.7. The van der Waals surface area contributed by atoms with Crippen LogP contribution in [-0.2, 0) is 35.1 Å². The van der Waals surface area contributed by atoms with Crippen LogP contribution in [0.15, 0.2) is 42.5 Å². The van der Waals surface area contributed by atoms with Crippen LogP contribution in [0.5, 0.6) is 0 Å². The largest absolute Gasteiger partial charge is 0.349 e. The number of piperazine rings is 1. The quantitative estimate of drug-likeness (QED) is 0.240. The lowest BCUT2D eigenvalue weighted by Crippen LogP contribution is -2.62. The standard InChI is InChI=1S/C36H49F3N6O6S/c1-6-30(46)41-31(32(47)45-19-17-44(4)18-20-45)23(2)24-15-16-29(28(37)21-24)40-33(48)35(3,25-11-8-7-9-12-25)42-34(49)36(38,39)26-13-10-14-27(22-26)43-52(5,50)51/h10,13-16,21-23,25,31,43H,6-9,11-12,17-20H2,1-5H3,(H,40,48)(H,41,46)(H,42,49)/t23-,31+,35+/m0/s1. The summed E-state index contributed by atoms with van der Waals surface area (Å²) >= 11 is 0. The number of benzene rings is 2. The van der Waals surface area contributed by atoms with Gasteiger partial charge in [-0.15, -0.1) is 0 Å². The summed E-state index contributed by atoms with van der Waals surface area (Å²) in [5.41, 5.74) is -2.72. The average Bonchev–Trinajstić information content (AvgIpc) is 3.10. The Morgan fingerprint density at radius 2 is 1.62 bits per heavy atom. The SMILES string of the molecule is CCC(=O)N[C@@H](C(=O)N1CCN(C)CC1)[C@@H](C)c1ccc(NC(=O)[C@](C)(NC(=O)C(F)(F)c2cccc(NS(C)(=O)=O)c2)C2CCCCC2)c(F)c1. The predicted octanol–water partition coefficient (Wildman–Crippen LogP) is 4.16. The summed E-state index contributed by atoms with van der Waals surface area (Å²) in [5.74, 6) is -9.52. The normalized spacial score (nSPS) is 18.4. The van der Waals surface area contributed by atoms with E-state index in [0.29, 0.717) is 57.4 Å². The first-order valence-electron chi connectivity index (χ1n) is 17.5. The van der Waals surface area contributed by atoms with E-state index in [0.717, 1.165) is 30.9 Å². The molecular weight excluding hydrogens is 701 g/mol. The van der Waals surface area contributed by atoms with Crippen LogP contribution in [0.2, 0.25) is 0 Å². The van der Waals surface area contributed by atoms with Crippen molar-refractivity contribution in [3.8, 4) is 0 Å².